The number of benzene rings is 1. The first-order valence-electron chi connectivity index (χ1n) is 6.51. The smallest absolute Gasteiger partial charge is 0.221 e. The number of hydrogen-bond acceptors (Lipinski definition) is 4. The number of primary amides is 1. The molecule has 0 bridgehead atoms. The molecule has 5 nitrogen and oxygen atoms in total. The summed E-state index contributed by atoms with van der Waals surface area (Å²) in [5.41, 5.74) is 13.2. The third-order valence-electron chi connectivity index (χ3n) is 3.65. The fraction of sp³-hybridized carbons (Fsp3) is 0.500. The van der Waals surface area contributed by atoms with E-state index in [2.05, 4.69) is 11.0 Å². The Bertz CT molecular complexity index is 462. The average molecular weight is 263 g/mol. The van der Waals surface area contributed by atoms with Crippen LogP contribution in [0.5, 0.6) is 5.75 Å². The van der Waals surface area contributed by atoms with Crippen LogP contribution in [0.2, 0.25) is 0 Å². The van der Waals surface area contributed by atoms with E-state index in [1.807, 2.05) is 12.1 Å². The van der Waals surface area contributed by atoms with Crippen molar-refractivity contribution >= 4 is 5.91 Å². The lowest BCUT2D eigenvalue weighted by molar-refractivity contribution is -0.121. The molecule has 0 spiro atoms. The maximum absolute atomic E-state index is 11.1. The van der Waals surface area contributed by atoms with Gasteiger partial charge >= 0.3 is 0 Å². The van der Waals surface area contributed by atoms with E-state index in [4.69, 9.17) is 16.2 Å². The third-order valence-corrected chi connectivity index (χ3v) is 3.65. The van der Waals surface area contributed by atoms with Crippen LogP contribution in [0.4, 0.5) is 0 Å². The van der Waals surface area contributed by atoms with Crippen molar-refractivity contribution in [3.63, 3.8) is 0 Å². The number of carbonyl (C=O) groups is 1. The van der Waals surface area contributed by atoms with Crippen LogP contribution in [0, 0.1) is 5.92 Å². The minimum absolute atomic E-state index is 0.00906. The van der Waals surface area contributed by atoms with Crippen molar-refractivity contribution in [1.29, 1.82) is 0 Å². The third kappa shape index (κ3) is 3.24. The second kappa shape index (κ2) is 6.04. The van der Waals surface area contributed by atoms with Gasteiger partial charge < -0.3 is 16.2 Å². The van der Waals surface area contributed by atoms with E-state index < -0.39 is 0 Å². The Kier molecular flexibility index (Phi) is 4.39. The molecule has 1 atom stereocenters. The van der Waals surface area contributed by atoms with Crippen molar-refractivity contribution in [3.8, 4) is 5.75 Å². The van der Waals surface area contributed by atoms with Gasteiger partial charge in [0.1, 0.15) is 5.75 Å². The number of nitrogens with zero attached hydrogens (tertiary/aromatic N) is 1. The molecule has 1 fully saturated rings. The summed E-state index contributed by atoms with van der Waals surface area (Å²) in [5.74, 6) is 0.620. The second-order valence-electron chi connectivity index (χ2n) is 4.97. The molecular weight excluding hydrogens is 242 g/mol. The highest BCUT2D eigenvalue weighted by atomic mass is 16.5. The summed E-state index contributed by atoms with van der Waals surface area (Å²) in [6.45, 7) is 2.94. The molecule has 1 unspecified atom stereocenters. The van der Waals surface area contributed by atoms with E-state index in [0.29, 0.717) is 6.54 Å². The minimum Gasteiger partial charge on any atom is -0.496 e. The minimum atomic E-state index is -0.196. The van der Waals surface area contributed by atoms with Crippen molar-refractivity contribution in [2.24, 2.45) is 17.4 Å². The fourth-order valence-corrected chi connectivity index (χ4v) is 2.52. The van der Waals surface area contributed by atoms with Gasteiger partial charge in [-0.05, 0) is 24.6 Å². The molecule has 104 valence electrons. The number of rotatable bonds is 5. The van der Waals surface area contributed by atoms with Crippen LogP contribution >= 0.6 is 0 Å². The Balaban J connectivity index is 2.02. The fourth-order valence-electron chi connectivity index (χ4n) is 2.52. The molecule has 1 aromatic carbocycles. The lowest BCUT2D eigenvalue weighted by Crippen LogP contribution is -2.27. The summed E-state index contributed by atoms with van der Waals surface area (Å²) >= 11 is 0. The van der Waals surface area contributed by atoms with E-state index in [-0.39, 0.29) is 11.8 Å². The first kappa shape index (κ1) is 13.8. The highest BCUT2D eigenvalue weighted by Gasteiger charge is 2.26. The number of carbonyl (C=O) groups excluding carboxylic acids is 1. The monoisotopic (exact) mass is 263 g/mol. The zero-order valence-corrected chi connectivity index (χ0v) is 11.3. The molecule has 1 aromatic rings. The molecular formula is C14H21N3O2. The molecule has 19 heavy (non-hydrogen) atoms. The predicted octanol–water partition coefficient (Wildman–Crippen LogP) is 0.461. The van der Waals surface area contributed by atoms with Gasteiger partial charge in [-0.2, -0.15) is 0 Å². The van der Waals surface area contributed by atoms with Gasteiger partial charge in [0.25, 0.3) is 0 Å². The average Bonchev–Trinajstić information content (AvgIpc) is 2.87. The van der Waals surface area contributed by atoms with Gasteiger partial charge in [0.15, 0.2) is 0 Å². The number of methoxy groups -OCH3 is 1. The van der Waals surface area contributed by atoms with Gasteiger partial charge in [-0.3, -0.25) is 9.69 Å². The van der Waals surface area contributed by atoms with Gasteiger partial charge in [-0.15, -0.1) is 0 Å². The van der Waals surface area contributed by atoms with Crippen molar-refractivity contribution in [1.82, 2.24) is 4.90 Å². The van der Waals surface area contributed by atoms with Crippen molar-refractivity contribution < 1.29 is 9.53 Å². The number of ether oxygens (including phenoxy) is 1. The zero-order chi connectivity index (χ0) is 13.8. The molecule has 1 amide bonds. The van der Waals surface area contributed by atoms with E-state index in [9.17, 15) is 4.79 Å². The first-order chi connectivity index (χ1) is 9.13. The van der Waals surface area contributed by atoms with Crippen LogP contribution in [-0.2, 0) is 17.9 Å². The van der Waals surface area contributed by atoms with Crippen LogP contribution in [0.3, 0.4) is 0 Å². The van der Waals surface area contributed by atoms with E-state index in [1.54, 1.807) is 7.11 Å². The molecule has 1 saturated heterocycles. The second-order valence-corrected chi connectivity index (χ2v) is 4.97. The van der Waals surface area contributed by atoms with Gasteiger partial charge in [-0.25, -0.2) is 0 Å². The first-order valence-corrected chi connectivity index (χ1v) is 6.51. The lowest BCUT2D eigenvalue weighted by Gasteiger charge is -2.16. The molecule has 0 aromatic heterocycles. The zero-order valence-electron chi connectivity index (χ0n) is 11.3. The summed E-state index contributed by atoms with van der Waals surface area (Å²) in [7, 11) is 1.65. The largest absolute Gasteiger partial charge is 0.496 e. The van der Waals surface area contributed by atoms with E-state index >= 15 is 0 Å². The van der Waals surface area contributed by atoms with Crippen LogP contribution in [0.25, 0.3) is 0 Å². The van der Waals surface area contributed by atoms with E-state index in [1.165, 1.54) is 5.56 Å². The van der Waals surface area contributed by atoms with Gasteiger partial charge in [-0.1, -0.05) is 12.1 Å². The Labute approximate surface area is 113 Å². The Morgan fingerprint density at radius 3 is 2.89 bits per heavy atom. The van der Waals surface area contributed by atoms with Crippen LogP contribution < -0.4 is 16.2 Å². The predicted molar refractivity (Wildman–Crippen MR) is 73.5 cm³/mol. The quantitative estimate of drug-likeness (QED) is 0.808. The molecule has 5 heteroatoms. The number of amides is 1. The van der Waals surface area contributed by atoms with Crippen molar-refractivity contribution in [2.75, 3.05) is 20.2 Å². The molecule has 1 aliphatic heterocycles. The number of nitrogens with two attached hydrogens (primary N) is 2. The van der Waals surface area contributed by atoms with Gasteiger partial charge in [0, 0.05) is 25.2 Å². The molecule has 4 N–H and O–H groups in total. The molecule has 0 aliphatic carbocycles. The highest BCUT2D eigenvalue weighted by molar-refractivity contribution is 5.77. The maximum atomic E-state index is 11.1. The molecule has 1 aliphatic rings. The van der Waals surface area contributed by atoms with Crippen LogP contribution in [-0.4, -0.2) is 31.0 Å². The lowest BCUT2D eigenvalue weighted by atomic mass is 10.1. The summed E-state index contributed by atoms with van der Waals surface area (Å²) in [6, 6.07) is 6.07. The molecule has 0 saturated carbocycles. The topological polar surface area (TPSA) is 81.6 Å². The van der Waals surface area contributed by atoms with Gasteiger partial charge in [0.05, 0.1) is 13.0 Å². The SMILES string of the molecule is COc1cc(CN2CCC(C(N)=O)C2)ccc1CN. The number of likely N-dealkylation sites (tertiary alicyclic amines) is 1. The van der Waals surface area contributed by atoms with Crippen LogP contribution in [0.15, 0.2) is 18.2 Å². The molecule has 2 rings (SSSR count). The molecule has 1 heterocycles. The van der Waals surface area contributed by atoms with Gasteiger partial charge in [0.2, 0.25) is 5.91 Å². The van der Waals surface area contributed by atoms with Crippen LogP contribution in [0.1, 0.15) is 17.5 Å². The Morgan fingerprint density at radius 2 is 2.32 bits per heavy atom. The maximum Gasteiger partial charge on any atom is 0.221 e. The summed E-state index contributed by atoms with van der Waals surface area (Å²) in [5, 5.41) is 0. The standard InChI is InChI=1S/C14H21N3O2/c1-19-13-6-10(2-3-11(13)7-15)8-17-5-4-12(9-17)14(16)18/h2-3,6,12H,4-5,7-9,15H2,1H3,(H2,16,18). The normalized spacial score (nSPS) is 19.6. The highest BCUT2D eigenvalue weighted by Crippen LogP contribution is 2.23. The van der Waals surface area contributed by atoms with Crippen molar-refractivity contribution in [2.45, 2.75) is 19.5 Å². The Morgan fingerprint density at radius 1 is 1.53 bits per heavy atom. The molecule has 0 radical (unpaired) electrons. The number of hydrogen-bond donors (Lipinski definition) is 2. The van der Waals surface area contributed by atoms with Crippen molar-refractivity contribution in [3.05, 3.63) is 29.3 Å². The Hall–Kier alpha value is -1.59. The summed E-state index contributed by atoms with van der Waals surface area (Å²) < 4.78 is 5.33. The van der Waals surface area contributed by atoms with E-state index in [0.717, 1.165) is 37.4 Å². The summed E-state index contributed by atoms with van der Waals surface area (Å²) in [6.07, 6.45) is 0.855. The summed E-state index contributed by atoms with van der Waals surface area (Å²) in [4.78, 5) is 13.4.